The predicted octanol–water partition coefficient (Wildman–Crippen LogP) is 4.44. The van der Waals surface area contributed by atoms with Crippen LogP contribution in [0.1, 0.15) is 21.5 Å². The van der Waals surface area contributed by atoms with Gasteiger partial charge in [0.15, 0.2) is 5.82 Å². The summed E-state index contributed by atoms with van der Waals surface area (Å²) in [4.78, 5) is 29.4. The zero-order chi connectivity index (χ0) is 23.0. The highest BCUT2D eigenvalue weighted by Gasteiger charge is 2.11. The number of anilines is 2. The van der Waals surface area contributed by atoms with Crippen molar-refractivity contribution in [1.29, 1.82) is 0 Å². The van der Waals surface area contributed by atoms with Gasteiger partial charge in [0.05, 0.1) is 17.8 Å². The zero-order valence-corrected chi connectivity index (χ0v) is 18.0. The Balaban J connectivity index is 1.36. The van der Waals surface area contributed by atoms with E-state index in [1.807, 2.05) is 78.9 Å². The fourth-order valence-corrected chi connectivity index (χ4v) is 3.34. The molecule has 0 atom stereocenters. The number of carbonyl (C=O) groups is 2. The predicted molar refractivity (Wildman–Crippen MR) is 130 cm³/mol. The first-order valence-electron chi connectivity index (χ1n) is 10.6. The molecule has 0 radical (unpaired) electrons. The molecule has 1 heterocycles. The molecular formula is C27H24N4O2. The lowest BCUT2D eigenvalue weighted by molar-refractivity contribution is -0.120. The zero-order valence-electron chi connectivity index (χ0n) is 18.0. The largest absolute Gasteiger partial charge is 0.396 e. The number of rotatable bonds is 7. The molecule has 0 aliphatic heterocycles. The average Bonchev–Trinajstić information content (AvgIpc) is 2.85. The third-order valence-corrected chi connectivity index (χ3v) is 5.14. The quantitative estimate of drug-likeness (QED) is 0.399. The van der Waals surface area contributed by atoms with E-state index in [0.717, 1.165) is 22.4 Å². The lowest BCUT2D eigenvalue weighted by Gasteiger charge is -2.10. The van der Waals surface area contributed by atoms with E-state index < -0.39 is 0 Å². The molecule has 0 aliphatic carbocycles. The molecule has 4 rings (SSSR count). The number of pyridine rings is 1. The highest BCUT2D eigenvalue weighted by Crippen LogP contribution is 2.23. The van der Waals surface area contributed by atoms with Gasteiger partial charge >= 0.3 is 0 Å². The van der Waals surface area contributed by atoms with Crippen LogP contribution in [0, 0.1) is 0 Å². The van der Waals surface area contributed by atoms with Crippen LogP contribution in [0.15, 0.2) is 97.1 Å². The molecule has 33 heavy (non-hydrogen) atoms. The van der Waals surface area contributed by atoms with Crippen molar-refractivity contribution in [3.8, 4) is 11.3 Å². The van der Waals surface area contributed by atoms with Crippen LogP contribution in [-0.4, -0.2) is 16.8 Å². The number of hydrogen-bond donors (Lipinski definition) is 3. The summed E-state index contributed by atoms with van der Waals surface area (Å²) in [5.74, 6) is -0.0412. The molecule has 4 N–H and O–H groups in total. The summed E-state index contributed by atoms with van der Waals surface area (Å²) >= 11 is 0. The van der Waals surface area contributed by atoms with E-state index in [4.69, 9.17) is 5.73 Å². The Morgan fingerprint density at radius 3 is 2.12 bits per heavy atom. The monoisotopic (exact) mass is 436 g/mol. The maximum absolute atomic E-state index is 12.7. The Morgan fingerprint density at radius 2 is 1.42 bits per heavy atom. The number of hydrogen-bond acceptors (Lipinski definition) is 4. The summed E-state index contributed by atoms with van der Waals surface area (Å²) in [5.41, 5.74) is 10.4. The van der Waals surface area contributed by atoms with E-state index in [1.165, 1.54) is 0 Å². The molecule has 0 unspecified atom stereocenters. The van der Waals surface area contributed by atoms with Gasteiger partial charge in [0.1, 0.15) is 0 Å². The summed E-state index contributed by atoms with van der Waals surface area (Å²) in [7, 11) is 0. The Morgan fingerprint density at radius 1 is 0.758 bits per heavy atom. The highest BCUT2D eigenvalue weighted by atomic mass is 16.2. The minimum atomic E-state index is -0.306. The summed E-state index contributed by atoms with van der Waals surface area (Å²) in [6.07, 6.45) is 0.331. The molecule has 3 aromatic carbocycles. The van der Waals surface area contributed by atoms with Crippen molar-refractivity contribution in [2.75, 3.05) is 11.1 Å². The second-order valence-electron chi connectivity index (χ2n) is 7.59. The Kier molecular flexibility index (Phi) is 6.75. The van der Waals surface area contributed by atoms with Crippen molar-refractivity contribution >= 4 is 23.3 Å². The highest BCUT2D eigenvalue weighted by molar-refractivity contribution is 6.05. The molecule has 164 valence electrons. The Hall–Kier alpha value is -4.45. The molecule has 0 spiro atoms. The van der Waals surface area contributed by atoms with Crippen LogP contribution in [0.2, 0.25) is 0 Å². The summed E-state index contributed by atoms with van der Waals surface area (Å²) in [5, 5.41) is 5.69. The molecule has 0 saturated heterocycles. The minimum absolute atomic E-state index is 0.0529. The van der Waals surface area contributed by atoms with Crippen molar-refractivity contribution in [2.24, 2.45) is 0 Å². The van der Waals surface area contributed by atoms with Gasteiger partial charge in [-0.25, -0.2) is 4.98 Å². The van der Waals surface area contributed by atoms with Gasteiger partial charge in [0.25, 0.3) is 5.91 Å². The van der Waals surface area contributed by atoms with E-state index in [2.05, 4.69) is 15.6 Å². The van der Waals surface area contributed by atoms with Crippen LogP contribution in [0.3, 0.4) is 0 Å². The van der Waals surface area contributed by atoms with Crippen molar-refractivity contribution < 1.29 is 9.59 Å². The van der Waals surface area contributed by atoms with Gasteiger partial charge in [-0.05, 0) is 35.4 Å². The van der Waals surface area contributed by atoms with E-state index in [9.17, 15) is 9.59 Å². The molecule has 0 bridgehead atoms. The van der Waals surface area contributed by atoms with Gasteiger partial charge in [0.2, 0.25) is 5.91 Å². The number of benzene rings is 3. The van der Waals surface area contributed by atoms with Crippen LogP contribution in [0.4, 0.5) is 11.5 Å². The number of nitrogens with zero attached hydrogens (tertiary/aromatic N) is 1. The Labute approximate surface area is 192 Å². The van der Waals surface area contributed by atoms with E-state index in [-0.39, 0.29) is 11.8 Å². The lowest BCUT2D eigenvalue weighted by Crippen LogP contribution is -2.24. The molecule has 0 saturated carbocycles. The second kappa shape index (κ2) is 10.2. The normalized spacial score (nSPS) is 10.4. The topological polar surface area (TPSA) is 97.1 Å². The number of carbonyl (C=O) groups excluding carboxylic acids is 2. The maximum atomic E-state index is 12.7. The van der Waals surface area contributed by atoms with Crippen molar-refractivity contribution in [2.45, 2.75) is 13.0 Å². The Bertz CT molecular complexity index is 1240. The van der Waals surface area contributed by atoms with E-state index in [0.29, 0.717) is 30.0 Å². The third-order valence-electron chi connectivity index (χ3n) is 5.14. The fraction of sp³-hybridized carbons (Fsp3) is 0.0741. The smallest absolute Gasteiger partial charge is 0.256 e. The van der Waals surface area contributed by atoms with Gasteiger partial charge < -0.3 is 16.4 Å². The standard InChI is InChI=1S/C27H24N4O2/c28-23-15-16-24(21-9-5-2-6-10-21)30-26(23)31-27(33)22-13-11-20(12-14-22)18-29-25(32)17-19-7-3-1-4-8-19/h1-16H,17-18,28H2,(H,29,32)(H,30,31,33). The van der Waals surface area contributed by atoms with Crippen molar-refractivity contribution in [3.63, 3.8) is 0 Å². The van der Waals surface area contributed by atoms with Crippen LogP contribution in [-0.2, 0) is 17.8 Å². The summed E-state index contributed by atoms with van der Waals surface area (Å²) < 4.78 is 0. The molecule has 0 fully saturated rings. The van der Waals surface area contributed by atoms with Crippen LogP contribution in [0.5, 0.6) is 0 Å². The van der Waals surface area contributed by atoms with E-state index in [1.54, 1.807) is 18.2 Å². The average molecular weight is 437 g/mol. The molecular weight excluding hydrogens is 412 g/mol. The molecule has 2 amide bonds. The fourth-order valence-electron chi connectivity index (χ4n) is 3.34. The third kappa shape index (κ3) is 5.83. The first-order chi connectivity index (χ1) is 16.1. The summed E-state index contributed by atoms with van der Waals surface area (Å²) in [6, 6.07) is 29.9. The van der Waals surface area contributed by atoms with Gasteiger partial charge in [-0.3, -0.25) is 9.59 Å². The van der Waals surface area contributed by atoms with Crippen LogP contribution < -0.4 is 16.4 Å². The van der Waals surface area contributed by atoms with Crippen molar-refractivity contribution in [3.05, 3.63) is 114 Å². The van der Waals surface area contributed by atoms with Crippen molar-refractivity contribution in [1.82, 2.24) is 10.3 Å². The van der Waals surface area contributed by atoms with Gasteiger partial charge in [0, 0.05) is 17.7 Å². The molecule has 1 aromatic heterocycles. The first-order valence-corrected chi connectivity index (χ1v) is 10.6. The van der Waals surface area contributed by atoms with Crippen LogP contribution in [0.25, 0.3) is 11.3 Å². The number of nitrogen functional groups attached to an aromatic ring is 1. The van der Waals surface area contributed by atoms with E-state index >= 15 is 0 Å². The number of nitrogens with one attached hydrogen (secondary N) is 2. The molecule has 6 nitrogen and oxygen atoms in total. The number of nitrogens with two attached hydrogens (primary N) is 1. The molecule has 4 aromatic rings. The SMILES string of the molecule is Nc1ccc(-c2ccccc2)nc1NC(=O)c1ccc(CNC(=O)Cc2ccccc2)cc1. The number of aromatic nitrogens is 1. The minimum Gasteiger partial charge on any atom is -0.396 e. The molecule has 6 heteroatoms. The second-order valence-corrected chi connectivity index (χ2v) is 7.59. The maximum Gasteiger partial charge on any atom is 0.256 e. The van der Waals surface area contributed by atoms with Gasteiger partial charge in [-0.1, -0.05) is 72.8 Å². The van der Waals surface area contributed by atoms with Crippen LogP contribution >= 0.6 is 0 Å². The first kappa shape index (κ1) is 21.8. The lowest BCUT2D eigenvalue weighted by atomic mass is 10.1. The summed E-state index contributed by atoms with van der Waals surface area (Å²) in [6.45, 7) is 0.390. The molecule has 0 aliphatic rings. The number of amides is 2. The van der Waals surface area contributed by atoms with Gasteiger partial charge in [-0.15, -0.1) is 0 Å². The van der Waals surface area contributed by atoms with Gasteiger partial charge in [-0.2, -0.15) is 0 Å².